The van der Waals surface area contributed by atoms with E-state index in [0.717, 1.165) is 0 Å². The molecule has 0 saturated heterocycles. The van der Waals surface area contributed by atoms with Crippen LogP contribution < -0.4 is 0 Å². The Balaban J connectivity index is 3.26. The summed E-state index contributed by atoms with van der Waals surface area (Å²) < 4.78 is 0. The summed E-state index contributed by atoms with van der Waals surface area (Å²) in [6.07, 6.45) is 1.81. The van der Waals surface area contributed by atoms with E-state index in [1.165, 1.54) is 0 Å². The molecule has 0 aromatic rings. The first-order chi connectivity index (χ1) is 4.66. The van der Waals surface area contributed by atoms with E-state index in [0.29, 0.717) is 25.2 Å². The normalized spacial score (nSPS) is 10.4. The zero-order valence-corrected chi connectivity index (χ0v) is 6.76. The molecule has 10 heavy (non-hydrogen) atoms. The van der Waals surface area contributed by atoms with Crippen molar-refractivity contribution >= 4 is 5.78 Å². The molecule has 60 valence electrons. The van der Waals surface area contributed by atoms with Crippen LogP contribution in [0.5, 0.6) is 0 Å². The number of carbonyl (C=O) groups excluding carboxylic acids is 1. The number of aliphatic hydroxyl groups is 1. The quantitative estimate of drug-likeness (QED) is 0.632. The van der Waals surface area contributed by atoms with Crippen molar-refractivity contribution in [1.82, 2.24) is 0 Å². The van der Waals surface area contributed by atoms with E-state index in [9.17, 15) is 4.79 Å². The smallest absolute Gasteiger partial charge is 0.133 e. The second-order valence-electron chi connectivity index (χ2n) is 2.96. The Morgan fingerprint density at radius 1 is 1.50 bits per heavy atom. The molecule has 2 heteroatoms. The van der Waals surface area contributed by atoms with E-state index in [4.69, 9.17) is 5.11 Å². The summed E-state index contributed by atoms with van der Waals surface area (Å²) in [6.45, 7) is 4.18. The van der Waals surface area contributed by atoms with Gasteiger partial charge in [-0.1, -0.05) is 13.8 Å². The highest BCUT2D eigenvalue weighted by atomic mass is 16.3. The van der Waals surface area contributed by atoms with Gasteiger partial charge < -0.3 is 5.11 Å². The molecule has 0 bridgehead atoms. The van der Waals surface area contributed by atoms with Gasteiger partial charge in [0.25, 0.3) is 0 Å². The lowest BCUT2D eigenvalue weighted by Crippen LogP contribution is -2.03. The minimum Gasteiger partial charge on any atom is -0.396 e. The number of carbonyl (C=O) groups is 1. The van der Waals surface area contributed by atoms with Gasteiger partial charge in [0.15, 0.2) is 0 Å². The van der Waals surface area contributed by atoms with Crippen molar-refractivity contribution in [2.75, 3.05) is 6.61 Å². The van der Waals surface area contributed by atoms with E-state index in [1.54, 1.807) is 0 Å². The summed E-state index contributed by atoms with van der Waals surface area (Å²) >= 11 is 0. The molecule has 0 unspecified atom stereocenters. The monoisotopic (exact) mass is 144 g/mol. The van der Waals surface area contributed by atoms with E-state index < -0.39 is 0 Å². The Labute approximate surface area is 62.2 Å². The Morgan fingerprint density at radius 2 is 2.10 bits per heavy atom. The van der Waals surface area contributed by atoms with Gasteiger partial charge in [-0.2, -0.15) is 0 Å². The van der Waals surface area contributed by atoms with Crippen LogP contribution >= 0.6 is 0 Å². The van der Waals surface area contributed by atoms with Crippen LogP contribution in [0.3, 0.4) is 0 Å². The standard InChI is InChI=1S/C8H16O2/c1-7(2)6-8(10)4-3-5-9/h7,9H,3-6H2,1-2H3. The highest BCUT2D eigenvalue weighted by Gasteiger charge is 2.03. The van der Waals surface area contributed by atoms with Crippen LogP contribution in [0.15, 0.2) is 0 Å². The number of aliphatic hydroxyl groups excluding tert-OH is 1. The molecule has 0 saturated carbocycles. The zero-order chi connectivity index (χ0) is 7.98. The van der Waals surface area contributed by atoms with Gasteiger partial charge >= 0.3 is 0 Å². The van der Waals surface area contributed by atoms with Crippen LogP contribution in [0.1, 0.15) is 33.1 Å². The Kier molecular flexibility index (Phi) is 5.22. The summed E-state index contributed by atoms with van der Waals surface area (Å²) in [6, 6.07) is 0. The molecule has 0 aromatic carbocycles. The van der Waals surface area contributed by atoms with E-state index >= 15 is 0 Å². The van der Waals surface area contributed by atoms with Crippen molar-refractivity contribution in [2.24, 2.45) is 5.92 Å². The van der Waals surface area contributed by atoms with Crippen LogP contribution in [0.4, 0.5) is 0 Å². The van der Waals surface area contributed by atoms with Gasteiger partial charge in [0, 0.05) is 19.4 Å². The van der Waals surface area contributed by atoms with Gasteiger partial charge in [0.05, 0.1) is 0 Å². The van der Waals surface area contributed by atoms with Crippen LogP contribution in [0.25, 0.3) is 0 Å². The van der Waals surface area contributed by atoms with E-state index in [-0.39, 0.29) is 12.4 Å². The minimum absolute atomic E-state index is 0.129. The Bertz CT molecular complexity index is 97.4. The molecule has 0 fully saturated rings. The summed E-state index contributed by atoms with van der Waals surface area (Å²) in [5, 5.41) is 8.40. The van der Waals surface area contributed by atoms with Crippen molar-refractivity contribution in [3.05, 3.63) is 0 Å². The third-order valence-corrected chi connectivity index (χ3v) is 1.25. The molecule has 0 spiro atoms. The maximum Gasteiger partial charge on any atom is 0.133 e. The molecule has 0 atom stereocenters. The highest BCUT2D eigenvalue weighted by molar-refractivity contribution is 5.78. The average molecular weight is 144 g/mol. The third-order valence-electron chi connectivity index (χ3n) is 1.25. The lowest BCUT2D eigenvalue weighted by Gasteiger charge is -2.01. The minimum atomic E-state index is 0.129. The van der Waals surface area contributed by atoms with Crippen molar-refractivity contribution in [1.29, 1.82) is 0 Å². The molecule has 0 aliphatic carbocycles. The van der Waals surface area contributed by atoms with Gasteiger partial charge in [-0.3, -0.25) is 4.79 Å². The molecule has 2 nitrogen and oxygen atoms in total. The van der Waals surface area contributed by atoms with Crippen molar-refractivity contribution in [2.45, 2.75) is 33.1 Å². The van der Waals surface area contributed by atoms with E-state index in [1.807, 2.05) is 13.8 Å². The first-order valence-electron chi connectivity index (χ1n) is 3.79. The lowest BCUT2D eigenvalue weighted by molar-refractivity contribution is -0.120. The van der Waals surface area contributed by atoms with Gasteiger partial charge in [0.1, 0.15) is 5.78 Å². The summed E-state index contributed by atoms with van der Waals surface area (Å²) in [5.74, 6) is 0.718. The van der Waals surface area contributed by atoms with E-state index in [2.05, 4.69) is 0 Å². The molecule has 0 rings (SSSR count). The molecule has 0 heterocycles. The Morgan fingerprint density at radius 3 is 2.50 bits per heavy atom. The molecule has 0 amide bonds. The fourth-order valence-corrected chi connectivity index (χ4v) is 0.834. The number of rotatable bonds is 5. The van der Waals surface area contributed by atoms with Crippen molar-refractivity contribution in [3.8, 4) is 0 Å². The predicted octanol–water partition coefficient (Wildman–Crippen LogP) is 1.37. The van der Waals surface area contributed by atoms with Crippen LogP contribution in [-0.2, 0) is 4.79 Å². The van der Waals surface area contributed by atoms with Crippen molar-refractivity contribution in [3.63, 3.8) is 0 Å². The molecule has 0 aliphatic heterocycles. The fourth-order valence-electron chi connectivity index (χ4n) is 0.834. The van der Waals surface area contributed by atoms with Crippen molar-refractivity contribution < 1.29 is 9.90 Å². The number of hydrogen-bond donors (Lipinski definition) is 1. The predicted molar refractivity (Wildman–Crippen MR) is 40.8 cm³/mol. The van der Waals surface area contributed by atoms with Gasteiger partial charge in [-0.15, -0.1) is 0 Å². The molecular formula is C8H16O2. The highest BCUT2D eigenvalue weighted by Crippen LogP contribution is 2.03. The summed E-state index contributed by atoms with van der Waals surface area (Å²) in [5.41, 5.74) is 0. The molecule has 0 radical (unpaired) electrons. The molecule has 0 aliphatic rings. The zero-order valence-electron chi connectivity index (χ0n) is 6.76. The molecular weight excluding hydrogens is 128 g/mol. The number of ketones is 1. The Hall–Kier alpha value is -0.370. The lowest BCUT2D eigenvalue weighted by atomic mass is 10.0. The van der Waals surface area contributed by atoms with Crippen LogP contribution in [-0.4, -0.2) is 17.5 Å². The number of hydrogen-bond acceptors (Lipinski definition) is 2. The second-order valence-corrected chi connectivity index (χ2v) is 2.96. The van der Waals surface area contributed by atoms with Crippen LogP contribution in [0, 0.1) is 5.92 Å². The van der Waals surface area contributed by atoms with Gasteiger partial charge in [-0.25, -0.2) is 0 Å². The SMILES string of the molecule is CC(C)CC(=O)CCCO. The average Bonchev–Trinajstić information content (AvgIpc) is 1.82. The maximum absolute atomic E-state index is 10.9. The second kappa shape index (κ2) is 5.42. The fraction of sp³-hybridized carbons (Fsp3) is 0.875. The van der Waals surface area contributed by atoms with Crippen LogP contribution in [0.2, 0.25) is 0 Å². The van der Waals surface area contributed by atoms with Gasteiger partial charge in [0.2, 0.25) is 0 Å². The first kappa shape index (κ1) is 9.63. The summed E-state index contributed by atoms with van der Waals surface area (Å²) in [7, 11) is 0. The third kappa shape index (κ3) is 5.76. The first-order valence-corrected chi connectivity index (χ1v) is 3.79. The maximum atomic E-state index is 10.9. The molecule has 0 aromatic heterocycles. The largest absolute Gasteiger partial charge is 0.396 e. The number of Topliss-reactive ketones (excluding diaryl/α,β-unsaturated/α-hetero) is 1. The van der Waals surface area contributed by atoms with Gasteiger partial charge in [-0.05, 0) is 12.3 Å². The molecule has 1 N–H and O–H groups in total. The topological polar surface area (TPSA) is 37.3 Å². The summed E-state index contributed by atoms with van der Waals surface area (Å²) in [4.78, 5) is 10.9.